The number of thiazole rings is 1. The zero-order valence-electron chi connectivity index (χ0n) is 14.3. The van der Waals surface area contributed by atoms with Crippen molar-refractivity contribution < 1.29 is 9.53 Å². The summed E-state index contributed by atoms with van der Waals surface area (Å²) in [6, 6.07) is 15.5. The largest absolute Gasteiger partial charge is 0.494 e. The van der Waals surface area contributed by atoms with Crippen LogP contribution in [0.3, 0.4) is 0 Å². The second kappa shape index (κ2) is 9.35. The number of hydrogen-bond acceptors (Lipinski definition) is 6. The summed E-state index contributed by atoms with van der Waals surface area (Å²) in [5.74, 6) is 0.911. The lowest BCUT2D eigenvalue weighted by atomic mass is 10.2. The number of hydrazone groups is 1. The van der Waals surface area contributed by atoms with Crippen molar-refractivity contribution in [3.05, 3.63) is 54.1 Å². The second-order valence-electron chi connectivity index (χ2n) is 5.45. The first-order chi connectivity index (χ1) is 12.7. The molecule has 7 heteroatoms. The van der Waals surface area contributed by atoms with Gasteiger partial charge in [0.25, 0.3) is 5.91 Å². The average molecular weight is 386 g/mol. The number of amides is 1. The molecule has 0 unspecified atom stereocenters. The predicted molar refractivity (Wildman–Crippen MR) is 108 cm³/mol. The van der Waals surface area contributed by atoms with Crippen molar-refractivity contribution in [1.29, 1.82) is 0 Å². The van der Waals surface area contributed by atoms with E-state index in [0.29, 0.717) is 6.61 Å². The fourth-order valence-electron chi connectivity index (χ4n) is 2.16. The van der Waals surface area contributed by atoms with Crippen molar-refractivity contribution >= 4 is 45.4 Å². The van der Waals surface area contributed by atoms with Gasteiger partial charge in [-0.3, -0.25) is 4.79 Å². The molecule has 26 heavy (non-hydrogen) atoms. The highest BCUT2D eigenvalue weighted by Crippen LogP contribution is 2.28. The van der Waals surface area contributed by atoms with Crippen molar-refractivity contribution in [3.63, 3.8) is 0 Å². The molecule has 134 valence electrons. The topological polar surface area (TPSA) is 63.6 Å². The summed E-state index contributed by atoms with van der Waals surface area (Å²) in [5, 5.41) is 4.01. The molecule has 0 spiro atoms. The first-order valence-corrected chi connectivity index (χ1v) is 10.1. The standard InChI is InChI=1S/C19H19N3O2S2/c1-2-10-24-15-7-5-6-14(11-15)12-20-22-18(23)13-25-19-21-16-8-3-4-9-17(16)26-19/h3-9,11-12H,2,10,13H2,1H3,(H,22,23)/b20-12-. The molecular weight excluding hydrogens is 366 g/mol. The van der Waals surface area contributed by atoms with Crippen LogP contribution in [-0.4, -0.2) is 29.5 Å². The van der Waals surface area contributed by atoms with Crippen molar-refractivity contribution in [2.24, 2.45) is 5.10 Å². The Hall–Kier alpha value is -2.38. The lowest BCUT2D eigenvalue weighted by Crippen LogP contribution is -2.19. The van der Waals surface area contributed by atoms with E-state index in [4.69, 9.17) is 4.74 Å². The SMILES string of the molecule is CCCOc1cccc(/C=N\NC(=O)CSc2nc3ccccc3s2)c1. The number of rotatable bonds is 8. The fraction of sp³-hybridized carbons (Fsp3) is 0.211. The fourth-order valence-corrected chi connectivity index (χ4v) is 4.02. The number of nitrogens with zero attached hydrogens (tertiary/aromatic N) is 2. The van der Waals surface area contributed by atoms with Gasteiger partial charge in [-0.15, -0.1) is 11.3 Å². The Balaban J connectivity index is 1.48. The molecule has 0 aliphatic rings. The van der Waals surface area contributed by atoms with Crippen LogP contribution in [0.1, 0.15) is 18.9 Å². The van der Waals surface area contributed by atoms with Gasteiger partial charge in [-0.1, -0.05) is 43.0 Å². The maximum absolute atomic E-state index is 11.9. The van der Waals surface area contributed by atoms with Crippen LogP contribution in [0.2, 0.25) is 0 Å². The Morgan fingerprint density at radius 2 is 2.19 bits per heavy atom. The van der Waals surface area contributed by atoms with Gasteiger partial charge in [0.05, 0.1) is 28.8 Å². The molecule has 3 rings (SSSR count). The van der Waals surface area contributed by atoms with E-state index in [9.17, 15) is 4.79 Å². The number of ether oxygens (including phenoxy) is 1. The van der Waals surface area contributed by atoms with Gasteiger partial charge in [0, 0.05) is 0 Å². The summed E-state index contributed by atoms with van der Waals surface area (Å²) in [4.78, 5) is 16.4. The number of fused-ring (bicyclic) bond motifs is 1. The molecule has 0 fully saturated rings. The summed E-state index contributed by atoms with van der Waals surface area (Å²) < 4.78 is 7.58. The van der Waals surface area contributed by atoms with E-state index in [1.165, 1.54) is 11.8 Å². The quantitative estimate of drug-likeness (QED) is 0.356. The van der Waals surface area contributed by atoms with Gasteiger partial charge in [-0.25, -0.2) is 10.4 Å². The van der Waals surface area contributed by atoms with Crippen LogP contribution >= 0.6 is 23.1 Å². The van der Waals surface area contributed by atoms with E-state index in [1.807, 2.05) is 48.5 Å². The maximum atomic E-state index is 11.9. The van der Waals surface area contributed by atoms with Gasteiger partial charge in [-0.05, 0) is 36.2 Å². The number of thioether (sulfide) groups is 1. The van der Waals surface area contributed by atoms with Crippen LogP contribution < -0.4 is 10.2 Å². The molecule has 0 radical (unpaired) electrons. The van der Waals surface area contributed by atoms with Crippen LogP contribution in [-0.2, 0) is 4.79 Å². The predicted octanol–water partition coefficient (Wildman–Crippen LogP) is 4.33. The van der Waals surface area contributed by atoms with E-state index in [1.54, 1.807) is 17.6 Å². The number of carbonyl (C=O) groups is 1. The first kappa shape index (κ1) is 18.4. The van der Waals surface area contributed by atoms with Gasteiger partial charge in [0.2, 0.25) is 0 Å². The van der Waals surface area contributed by atoms with E-state index in [-0.39, 0.29) is 11.7 Å². The Kier molecular flexibility index (Phi) is 6.62. The number of benzene rings is 2. The molecule has 3 aromatic rings. The van der Waals surface area contributed by atoms with E-state index < -0.39 is 0 Å². The van der Waals surface area contributed by atoms with Gasteiger partial charge in [0.15, 0.2) is 4.34 Å². The minimum absolute atomic E-state index is 0.163. The first-order valence-electron chi connectivity index (χ1n) is 8.28. The minimum Gasteiger partial charge on any atom is -0.494 e. The van der Waals surface area contributed by atoms with E-state index in [2.05, 4.69) is 22.4 Å². The van der Waals surface area contributed by atoms with Crippen LogP contribution in [0.4, 0.5) is 0 Å². The Bertz CT molecular complexity index is 875. The van der Waals surface area contributed by atoms with Gasteiger partial charge >= 0.3 is 0 Å². The van der Waals surface area contributed by atoms with Crippen molar-refractivity contribution in [2.75, 3.05) is 12.4 Å². The second-order valence-corrected chi connectivity index (χ2v) is 7.70. The Morgan fingerprint density at radius 3 is 3.04 bits per heavy atom. The molecule has 0 aliphatic carbocycles. The van der Waals surface area contributed by atoms with Crippen molar-refractivity contribution in [3.8, 4) is 5.75 Å². The number of carbonyl (C=O) groups excluding carboxylic acids is 1. The lowest BCUT2D eigenvalue weighted by molar-refractivity contribution is -0.118. The maximum Gasteiger partial charge on any atom is 0.250 e. The normalized spacial score (nSPS) is 11.1. The van der Waals surface area contributed by atoms with Gasteiger partial charge in [-0.2, -0.15) is 5.10 Å². The summed E-state index contributed by atoms with van der Waals surface area (Å²) in [5.41, 5.74) is 4.38. The number of aromatic nitrogens is 1. The summed E-state index contributed by atoms with van der Waals surface area (Å²) in [6.07, 6.45) is 2.57. The minimum atomic E-state index is -0.163. The number of para-hydroxylation sites is 1. The van der Waals surface area contributed by atoms with Crippen LogP contribution in [0.15, 0.2) is 58.0 Å². The van der Waals surface area contributed by atoms with E-state index >= 15 is 0 Å². The molecule has 1 amide bonds. The molecular formula is C19H19N3O2S2. The monoisotopic (exact) mass is 385 g/mol. The molecule has 2 aromatic carbocycles. The molecule has 0 atom stereocenters. The van der Waals surface area contributed by atoms with Crippen molar-refractivity contribution in [2.45, 2.75) is 17.7 Å². The van der Waals surface area contributed by atoms with Gasteiger partial charge in [0.1, 0.15) is 5.75 Å². The molecule has 5 nitrogen and oxygen atoms in total. The zero-order valence-corrected chi connectivity index (χ0v) is 16.0. The molecule has 0 bridgehead atoms. The lowest BCUT2D eigenvalue weighted by Gasteiger charge is -2.04. The number of nitrogens with one attached hydrogen (secondary N) is 1. The molecule has 1 aromatic heterocycles. The molecule has 1 heterocycles. The third-order valence-corrected chi connectivity index (χ3v) is 5.51. The smallest absolute Gasteiger partial charge is 0.250 e. The zero-order chi connectivity index (χ0) is 18.2. The average Bonchev–Trinajstić information content (AvgIpc) is 3.08. The highest BCUT2D eigenvalue weighted by molar-refractivity contribution is 8.01. The van der Waals surface area contributed by atoms with Crippen molar-refractivity contribution in [1.82, 2.24) is 10.4 Å². The molecule has 0 aliphatic heterocycles. The third-order valence-electron chi connectivity index (χ3n) is 3.33. The van der Waals surface area contributed by atoms with Crippen LogP contribution in [0.5, 0.6) is 5.75 Å². The van der Waals surface area contributed by atoms with Crippen LogP contribution in [0, 0.1) is 0 Å². The van der Waals surface area contributed by atoms with E-state index in [0.717, 1.165) is 32.3 Å². The highest BCUT2D eigenvalue weighted by Gasteiger charge is 2.06. The summed E-state index contributed by atoms with van der Waals surface area (Å²) in [6.45, 7) is 2.74. The highest BCUT2D eigenvalue weighted by atomic mass is 32.2. The van der Waals surface area contributed by atoms with Gasteiger partial charge < -0.3 is 4.74 Å². The molecule has 0 saturated carbocycles. The molecule has 0 saturated heterocycles. The summed E-state index contributed by atoms with van der Waals surface area (Å²) in [7, 11) is 0. The summed E-state index contributed by atoms with van der Waals surface area (Å²) >= 11 is 3.00. The Morgan fingerprint density at radius 1 is 1.31 bits per heavy atom. The van der Waals surface area contributed by atoms with Crippen LogP contribution in [0.25, 0.3) is 10.2 Å². The number of hydrogen-bond donors (Lipinski definition) is 1. The Labute approximate surface area is 160 Å². The third kappa shape index (κ3) is 5.31. The molecule has 1 N–H and O–H groups in total.